The molecule has 0 bridgehead atoms. The van der Waals surface area contributed by atoms with Gasteiger partial charge in [0, 0.05) is 12.5 Å². The molecule has 0 spiro atoms. The van der Waals surface area contributed by atoms with E-state index in [1.807, 2.05) is 0 Å². The van der Waals surface area contributed by atoms with Crippen LogP contribution in [0.15, 0.2) is 0 Å². The van der Waals surface area contributed by atoms with Gasteiger partial charge in [0.25, 0.3) is 5.91 Å². The van der Waals surface area contributed by atoms with E-state index >= 15 is 0 Å². The van der Waals surface area contributed by atoms with Crippen molar-refractivity contribution in [2.45, 2.75) is 24.9 Å². The Balaban J connectivity index is 1.99. The number of hydrogen-bond acceptors (Lipinski definition) is 5. The summed E-state index contributed by atoms with van der Waals surface area (Å²) in [6, 6.07) is 0. The molecule has 1 atom stereocenters. The number of carbonyl (C=O) groups is 1. The lowest BCUT2D eigenvalue weighted by atomic mass is 10.2. The molecule has 0 aromatic carbocycles. The van der Waals surface area contributed by atoms with Crippen LogP contribution in [0, 0.1) is 0 Å². The van der Waals surface area contributed by atoms with Crippen molar-refractivity contribution in [2.24, 2.45) is 0 Å². The Morgan fingerprint density at radius 1 is 1.65 bits per heavy atom. The number of hydrogen-bond donors (Lipinski definition) is 5. The molecule has 1 saturated carbocycles. The summed E-state index contributed by atoms with van der Waals surface area (Å²) in [5.41, 5.74) is 7.16. The molecule has 1 aromatic rings. The lowest BCUT2D eigenvalue weighted by Gasteiger charge is -2.07. The molecule has 1 unspecified atom stereocenters. The maximum absolute atomic E-state index is 11.7. The van der Waals surface area contributed by atoms with Gasteiger partial charge in [-0.05, 0) is 12.8 Å². The van der Waals surface area contributed by atoms with Gasteiger partial charge in [0.1, 0.15) is 0 Å². The van der Waals surface area contributed by atoms with E-state index < -0.39 is 18.6 Å². The first-order chi connectivity index (χ1) is 8.13. The predicted molar refractivity (Wildman–Crippen MR) is 60.4 cm³/mol. The van der Waals surface area contributed by atoms with Crippen LogP contribution < -0.4 is 11.1 Å². The molecule has 1 aliphatic carbocycles. The molecule has 1 amide bonds. The maximum atomic E-state index is 11.7. The molecule has 1 aromatic heterocycles. The fourth-order valence-electron chi connectivity index (χ4n) is 1.58. The average molecular weight is 240 g/mol. The molecule has 7 nitrogen and oxygen atoms in total. The van der Waals surface area contributed by atoms with Crippen molar-refractivity contribution in [2.75, 3.05) is 18.9 Å². The third-order valence-electron chi connectivity index (χ3n) is 2.74. The largest absolute Gasteiger partial charge is 0.395 e. The van der Waals surface area contributed by atoms with Crippen LogP contribution in [-0.2, 0) is 0 Å². The van der Waals surface area contributed by atoms with Crippen molar-refractivity contribution in [1.82, 2.24) is 15.5 Å². The van der Waals surface area contributed by atoms with E-state index in [1.54, 1.807) is 0 Å². The van der Waals surface area contributed by atoms with E-state index in [4.69, 9.17) is 15.9 Å². The molecular weight excluding hydrogens is 224 g/mol. The van der Waals surface area contributed by atoms with Crippen LogP contribution in [0.3, 0.4) is 0 Å². The van der Waals surface area contributed by atoms with Gasteiger partial charge in [0.15, 0.2) is 5.69 Å². The number of carbonyl (C=O) groups excluding carboxylic acids is 1. The number of aliphatic hydroxyl groups excluding tert-OH is 2. The Labute approximate surface area is 98.0 Å². The molecule has 0 saturated heterocycles. The first-order valence-corrected chi connectivity index (χ1v) is 5.54. The van der Waals surface area contributed by atoms with Gasteiger partial charge in [-0.1, -0.05) is 0 Å². The first-order valence-electron chi connectivity index (χ1n) is 5.54. The summed E-state index contributed by atoms with van der Waals surface area (Å²) in [7, 11) is 0. The number of nitrogens with two attached hydrogens (primary N) is 1. The number of nitrogen functional groups attached to an aromatic ring is 1. The van der Waals surface area contributed by atoms with Crippen molar-refractivity contribution in [3.8, 4) is 0 Å². The second kappa shape index (κ2) is 4.72. The summed E-state index contributed by atoms with van der Waals surface area (Å²) in [4.78, 5) is 11.7. The fourth-order valence-corrected chi connectivity index (χ4v) is 1.58. The quantitative estimate of drug-likeness (QED) is 0.449. The summed E-state index contributed by atoms with van der Waals surface area (Å²) in [5.74, 6) is -0.0507. The minimum absolute atomic E-state index is 0.0274. The zero-order valence-electron chi connectivity index (χ0n) is 9.31. The molecular formula is C10H16N4O3. The number of rotatable bonds is 5. The standard InChI is InChI=1S/C10H16N4O3/c11-7-8(5-1-2-5)13-14-9(7)10(17)12-3-6(16)4-15/h5-6,15-16H,1-4,11H2,(H,12,17)(H,13,14). The molecule has 1 aliphatic rings. The van der Waals surface area contributed by atoms with Crippen LogP contribution in [0.2, 0.25) is 0 Å². The van der Waals surface area contributed by atoms with Gasteiger partial charge in [0.2, 0.25) is 0 Å². The Morgan fingerprint density at radius 2 is 2.35 bits per heavy atom. The summed E-state index contributed by atoms with van der Waals surface area (Å²) >= 11 is 0. The fraction of sp³-hybridized carbons (Fsp3) is 0.600. The monoisotopic (exact) mass is 240 g/mol. The molecule has 94 valence electrons. The van der Waals surface area contributed by atoms with E-state index in [0.717, 1.165) is 18.5 Å². The Morgan fingerprint density at radius 3 is 2.94 bits per heavy atom. The minimum Gasteiger partial charge on any atom is -0.395 e. The third-order valence-corrected chi connectivity index (χ3v) is 2.74. The first kappa shape index (κ1) is 11.9. The van der Waals surface area contributed by atoms with Crippen LogP contribution in [0.1, 0.15) is 34.9 Å². The lowest BCUT2D eigenvalue weighted by Crippen LogP contribution is -2.34. The van der Waals surface area contributed by atoms with E-state index in [0.29, 0.717) is 11.6 Å². The SMILES string of the molecule is Nc1c(C(=O)NCC(O)CO)n[nH]c1C1CC1. The highest BCUT2D eigenvalue weighted by Crippen LogP contribution is 2.42. The molecule has 1 heterocycles. The maximum Gasteiger partial charge on any atom is 0.274 e. The van der Waals surface area contributed by atoms with Gasteiger partial charge >= 0.3 is 0 Å². The summed E-state index contributed by atoms with van der Waals surface area (Å²) < 4.78 is 0. The summed E-state index contributed by atoms with van der Waals surface area (Å²) in [5, 5.41) is 26.8. The summed E-state index contributed by atoms with van der Waals surface area (Å²) in [6.07, 6.45) is 1.16. The highest BCUT2D eigenvalue weighted by molar-refractivity contribution is 5.97. The highest BCUT2D eigenvalue weighted by Gasteiger charge is 2.30. The van der Waals surface area contributed by atoms with Gasteiger partial charge < -0.3 is 21.3 Å². The van der Waals surface area contributed by atoms with Crippen molar-refractivity contribution < 1.29 is 15.0 Å². The van der Waals surface area contributed by atoms with Crippen LogP contribution >= 0.6 is 0 Å². The van der Waals surface area contributed by atoms with Crippen LogP contribution in [0.5, 0.6) is 0 Å². The molecule has 17 heavy (non-hydrogen) atoms. The molecule has 1 fully saturated rings. The molecule has 0 radical (unpaired) electrons. The smallest absolute Gasteiger partial charge is 0.274 e. The van der Waals surface area contributed by atoms with Crippen molar-refractivity contribution in [3.05, 3.63) is 11.4 Å². The number of amides is 1. The topological polar surface area (TPSA) is 124 Å². The number of anilines is 1. The van der Waals surface area contributed by atoms with Gasteiger partial charge in [-0.15, -0.1) is 0 Å². The normalized spacial score (nSPS) is 16.8. The zero-order chi connectivity index (χ0) is 12.4. The number of aliphatic hydroxyl groups is 2. The van der Waals surface area contributed by atoms with Gasteiger partial charge in [0.05, 0.1) is 24.1 Å². The molecule has 6 N–H and O–H groups in total. The second-order valence-corrected chi connectivity index (χ2v) is 4.22. The van der Waals surface area contributed by atoms with Gasteiger partial charge in [-0.25, -0.2) is 0 Å². The number of aromatic amines is 1. The van der Waals surface area contributed by atoms with Crippen molar-refractivity contribution in [3.63, 3.8) is 0 Å². The zero-order valence-corrected chi connectivity index (χ0v) is 9.31. The second-order valence-electron chi connectivity index (χ2n) is 4.22. The van der Waals surface area contributed by atoms with E-state index in [1.165, 1.54) is 0 Å². The molecule has 2 rings (SSSR count). The molecule has 0 aliphatic heterocycles. The van der Waals surface area contributed by atoms with E-state index in [9.17, 15) is 4.79 Å². The molecule has 7 heteroatoms. The van der Waals surface area contributed by atoms with Crippen LogP contribution in [-0.4, -0.2) is 45.6 Å². The summed E-state index contributed by atoms with van der Waals surface area (Å²) in [6.45, 7) is -0.427. The van der Waals surface area contributed by atoms with Gasteiger partial charge in [-0.3, -0.25) is 9.89 Å². The van der Waals surface area contributed by atoms with E-state index in [-0.39, 0.29) is 12.2 Å². The Hall–Kier alpha value is -1.60. The highest BCUT2D eigenvalue weighted by atomic mass is 16.3. The Kier molecular flexibility index (Phi) is 3.30. The minimum atomic E-state index is -0.970. The predicted octanol–water partition coefficient (Wildman–Crippen LogP) is -1.05. The van der Waals surface area contributed by atoms with E-state index in [2.05, 4.69) is 15.5 Å². The number of aromatic nitrogens is 2. The number of H-pyrrole nitrogens is 1. The lowest BCUT2D eigenvalue weighted by molar-refractivity contribution is 0.0799. The van der Waals surface area contributed by atoms with Gasteiger partial charge in [-0.2, -0.15) is 5.10 Å². The Bertz CT molecular complexity index is 414. The average Bonchev–Trinajstić information content (AvgIpc) is 3.09. The number of nitrogens with zero attached hydrogens (tertiary/aromatic N) is 1. The third kappa shape index (κ3) is 2.56. The number of nitrogens with one attached hydrogen (secondary N) is 2. The van der Waals surface area contributed by atoms with Crippen LogP contribution in [0.25, 0.3) is 0 Å². The van der Waals surface area contributed by atoms with Crippen LogP contribution in [0.4, 0.5) is 5.69 Å². The van der Waals surface area contributed by atoms with Crippen molar-refractivity contribution >= 4 is 11.6 Å². The van der Waals surface area contributed by atoms with Crippen molar-refractivity contribution in [1.29, 1.82) is 0 Å².